The van der Waals surface area contributed by atoms with Crippen molar-refractivity contribution in [2.24, 2.45) is 0 Å². The fraction of sp³-hybridized carbons (Fsp3) is 0.462. The van der Waals surface area contributed by atoms with E-state index in [0.717, 1.165) is 6.42 Å². The van der Waals surface area contributed by atoms with Crippen molar-refractivity contribution in [3.63, 3.8) is 0 Å². The van der Waals surface area contributed by atoms with Crippen molar-refractivity contribution in [2.75, 3.05) is 0 Å². The van der Waals surface area contributed by atoms with Crippen LogP contribution in [0.3, 0.4) is 0 Å². The van der Waals surface area contributed by atoms with Gasteiger partial charge in [-0.15, -0.1) is 0 Å². The first kappa shape index (κ1) is 15.7. The summed E-state index contributed by atoms with van der Waals surface area (Å²) in [6, 6.07) is 7.75. The first-order chi connectivity index (χ1) is 7.22. The average Bonchev–Trinajstić information content (AvgIpc) is 2.18. The summed E-state index contributed by atoms with van der Waals surface area (Å²) in [7, 11) is 0. The molecule has 0 aliphatic heterocycles. The molecule has 0 bridgehead atoms. The molecule has 0 spiro atoms. The van der Waals surface area contributed by atoms with Crippen LogP contribution in [0.5, 0.6) is 5.75 Å². The van der Waals surface area contributed by atoms with Gasteiger partial charge in [-0.3, -0.25) is 4.79 Å². The normalized spacial score (nSPS) is 9.38. The number of carbonyl (C=O) groups is 1. The third kappa shape index (κ3) is 6.31. The molecule has 0 aromatic heterocycles. The molecule has 0 aliphatic rings. The maximum atomic E-state index is 10.8. The molecule has 0 saturated heterocycles. The van der Waals surface area contributed by atoms with Gasteiger partial charge in [0.05, 0.1) is 0 Å². The van der Waals surface area contributed by atoms with Crippen molar-refractivity contribution < 1.29 is 40.5 Å². The summed E-state index contributed by atoms with van der Waals surface area (Å²) in [5, 5.41) is 0. The quantitative estimate of drug-likeness (QED) is 0.318. The molecule has 1 rings (SSSR count). The summed E-state index contributed by atoms with van der Waals surface area (Å²) >= 11 is 0. The smallest absolute Gasteiger partial charge is 1.00 e. The van der Waals surface area contributed by atoms with Gasteiger partial charge in [0, 0.05) is 6.92 Å². The van der Waals surface area contributed by atoms with Gasteiger partial charge >= 0.3 is 35.5 Å². The number of benzene rings is 1. The van der Waals surface area contributed by atoms with Crippen molar-refractivity contribution in [1.29, 1.82) is 0 Å². The van der Waals surface area contributed by atoms with E-state index in [1.807, 2.05) is 18.2 Å². The number of ether oxygens (including phenoxy) is 1. The molecule has 0 atom stereocenters. The number of rotatable bonds is 5. The van der Waals surface area contributed by atoms with E-state index in [4.69, 9.17) is 4.74 Å². The van der Waals surface area contributed by atoms with Crippen LogP contribution < -0.4 is 34.3 Å². The third-order valence-electron chi connectivity index (χ3n) is 2.23. The summed E-state index contributed by atoms with van der Waals surface area (Å²) in [4.78, 5) is 10.8. The molecule has 0 radical (unpaired) electrons. The molecule has 0 heterocycles. The largest absolute Gasteiger partial charge is 1.00 e. The average molecular weight is 230 g/mol. The zero-order valence-corrected chi connectivity index (χ0v) is 12.5. The summed E-state index contributed by atoms with van der Waals surface area (Å²) in [6.07, 6.45) is 4.73. The molecular formula is C13H19NaO2. The van der Waals surface area contributed by atoms with Crippen LogP contribution in [-0.4, -0.2) is 5.97 Å². The zero-order chi connectivity index (χ0) is 11.1. The second kappa shape index (κ2) is 8.80. The van der Waals surface area contributed by atoms with Crippen LogP contribution >= 0.6 is 0 Å². The van der Waals surface area contributed by atoms with Gasteiger partial charge in [-0.2, -0.15) is 0 Å². The SMILES string of the molecule is CCCCCc1cccc(OC(C)=O)c1.[H-].[Na+]. The Bertz CT molecular complexity index is 329. The molecular weight excluding hydrogens is 211 g/mol. The molecule has 0 unspecified atom stereocenters. The van der Waals surface area contributed by atoms with Crippen LogP contribution in [0.1, 0.15) is 40.1 Å². The van der Waals surface area contributed by atoms with E-state index >= 15 is 0 Å². The number of hydrogen-bond donors (Lipinski definition) is 0. The van der Waals surface area contributed by atoms with Crippen LogP contribution in [0.25, 0.3) is 0 Å². The van der Waals surface area contributed by atoms with Gasteiger partial charge < -0.3 is 6.16 Å². The molecule has 0 aliphatic carbocycles. The van der Waals surface area contributed by atoms with Gasteiger partial charge in [-0.25, -0.2) is 0 Å². The van der Waals surface area contributed by atoms with Crippen LogP contribution in [-0.2, 0) is 11.2 Å². The van der Waals surface area contributed by atoms with E-state index in [1.165, 1.54) is 31.7 Å². The van der Waals surface area contributed by atoms with Gasteiger partial charge in [-0.05, 0) is 30.5 Å². The van der Waals surface area contributed by atoms with Crippen molar-refractivity contribution in [2.45, 2.75) is 39.5 Å². The van der Waals surface area contributed by atoms with E-state index in [2.05, 4.69) is 13.0 Å². The Kier molecular flexibility index (Phi) is 8.63. The Hall–Kier alpha value is -0.310. The molecule has 1 aromatic carbocycles. The maximum Gasteiger partial charge on any atom is 1.00 e. The minimum absolute atomic E-state index is 0. The molecule has 3 heteroatoms. The van der Waals surface area contributed by atoms with Gasteiger partial charge in [0.15, 0.2) is 0 Å². The standard InChI is InChI=1S/C13H18O2.Na.H/c1-3-4-5-7-12-8-6-9-13(10-12)15-11(2)14;;/h6,8-10H,3-5,7H2,1-2H3;;/q;+1;-1. The van der Waals surface area contributed by atoms with E-state index in [1.54, 1.807) is 0 Å². The first-order valence-electron chi connectivity index (χ1n) is 5.49. The Morgan fingerprint density at radius 3 is 2.75 bits per heavy atom. The van der Waals surface area contributed by atoms with Crippen LogP contribution in [0.15, 0.2) is 24.3 Å². The summed E-state index contributed by atoms with van der Waals surface area (Å²) in [5.41, 5.74) is 1.24. The number of unbranched alkanes of at least 4 members (excludes halogenated alkanes) is 2. The molecule has 0 amide bonds. The number of aryl methyl sites for hydroxylation is 1. The first-order valence-corrected chi connectivity index (χ1v) is 5.49. The topological polar surface area (TPSA) is 26.3 Å². The molecule has 84 valence electrons. The van der Waals surface area contributed by atoms with Crippen LogP contribution in [0.4, 0.5) is 0 Å². The van der Waals surface area contributed by atoms with Crippen molar-refractivity contribution in [3.8, 4) is 5.75 Å². The Balaban J connectivity index is 0. The predicted octanol–water partition coefficient (Wildman–Crippen LogP) is 0.461. The van der Waals surface area contributed by atoms with Crippen LogP contribution in [0, 0.1) is 0 Å². The minimum atomic E-state index is -0.263. The fourth-order valence-corrected chi connectivity index (χ4v) is 1.51. The van der Waals surface area contributed by atoms with Gasteiger partial charge in [0.2, 0.25) is 0 Å². The second-order valence-corrected chi connectivity index (χ2v) is 3.70. The predicted molar refractivity (Wildman–Crippen MR) is 62.1 cm³/mol. The van der Waals surface area contributed by atoms with E-state index < -0.39 is 0 Å². The van der Waals surface area contributed by atoms with Gasteiger partial charge in [0.25, 0.3) is 0 Å². The van der Waals surface area contributed by atoms with Gasteiger partial charge in [0.1, 0.15) is 5.75 Å². The molecule has 2 nitrogen and oxygen atoms in total. The molecule has 0 N–H and O–H groups in total. The molecule has 16 heavy (non-hydrogen) atoms. The maximum absolute atomic E-state index is 10.8. The van der Waals surface area contributed by atoms with Gasteiger partial charge in [-0.1, -0.05) is 31.9 Å². The zero-order valence-electron chi connectivity index (χ0n) is 11.5. The number of hydrogen-bond acceptors (Lipinski definition) is 2. The van der Waals surface area contributed by atoms with Crippen molar-refractivity contribution >= 4 is 5.97 Å². The monoisotopic (exact) mass is 230 g/mol. The summed E-state index contributed by atoms with van der Waals surface area (Å²) < 4.78 is 5.02. The minimum Gasteiger partial charge on any atom is -1.00 e. The van der Waals surface area contributed by atoms with E-state index in [9.17, 15) is 4.79 Å². The van der Waals surface area contributed by atoms with E-state index in [-0.39, 0.29) is 37.0 Å². The third-order valence-corrected chi connectivity index (χ3v) is 2.23. The van der Waals surface area contributed by atoms with E-state index in [0.29, 0.717) is 5.75 Å². The molecule has 0 fully saturated rings. The van der Waals surface area contributed by atoms with Crippen molar-refractivity contribution in [1.82, 2.24) is 0 Å². The summed E-state index contributed by atoms with van der Waals surface area (Å²) in [5.74, 6) is 0.386. The Morgan fingerprint density at radius 1 is 1.38 bits per heavy atom. The second-order valence-electron chi connectivity index (χ2n) is 3.70. The number of carbonyl (C=O) groups excluding carboxylic acids is 1. The Morgan fingerprint density at radius 2 is 2.12 bits per heavy atom. The Labute approximate surface area is 121 Å². The molecule has 1 aromatic rings. The van der Waals surface area contributed by atoms with Crippen molar-refractivity contribution in [3.05, 3.63) is 29.8 Å². The number of esters is 1. The van der Waals surface area contributed by atoms with Crippen LogP contribution in [0.2, 0.25) is 0 Å². The summed E-state index contributed by atoms with van der Waals surface area (Å²) in [6.45, 7) is 3.61. The fourth-order valence-electron chi connectivity index (χ4n) is 1.51. The molecule has 0 saturated carbocycles.